The first kappa shape index (κ1) is 20.0. The van der Waals surface area contributed by atoms with Crippen LogP contribution in [0.3, 0.4) is 0 Å². The van der Waals surface area contributed by atoms with Gasteiger partial charge in [0.2, 0.25) is 5.43 Å². The van der Waals surface area contributed by atoms with Crippen LogP contribution in [0, 0.1) is 0 Å². The summed E-state index contributed by atoms with van der Waals surface area (Å²) < 4.78 is 7.04. The molecule has 4 aromatic heterocycles. The van der Waals surface area contributed by atoms with Gasteiger partial charge in [0.25, 0.3) is 5.56 Å². The van der Waals surface area contributed by atoms with E-state index >= 15 is 0 Å². The molecule has 0 aromatic carbocycles. The molecule has 0 radical (unpaired) electrons. The lowest BCUT2D eigenvalue weighted by Crippen LogP contribution is -2.24. The molecule has 4 heterocycles. The van der Waals surface area contributed by atoms with Crippen LogP contribution in [0.2, 0.25) is 0 Å². The number of hydrogen-bond donors (Lipinski definition) is 1. The molecule has 0 fully saturated rings. The van der Waals surface area contributed by atoms with Gasteiger partial charge in [-0.15, -0.1) is 11.3 Å². The van der Waals surface area contributed by atoms with Gasteiger partial charge in [-0.3, -0.25) is 19.1 Å². The van der Waals surface area contributed by atoms with Crippen LogP contribution in [-0.2, 0) is 13.0 Å². The molecule has 0 atom stereocenters. The Labute approximate surface area is 177 Å². The lowest BCUT2D eigenvalue weighted by Gasteiger charge is -2.13. The van der Waals surface area contributed by atoms with E-state index in [1.807, 2.05) is 25.1 Å². The highest BCUT2D eigenvalue weighted by Gasteiger charge is 2.16. The third-order valence-corrected chi connectivity index (χ3v) is 5.87. The Morgan fingerprint density at radius 2 is 2.10 bits per heavy atom. The van der Waals surface area contributed by atoms with E-state index in [4.69, 9.17) is 9.72 Å². The van der Waals surface area contributed by atoms with Gasteiger partial charge in [0.15, 0.2) is 5.75 Å². The van der Waals surface area contributed by atoms with Gasteiger partial charge in [-0.05, 0) is 31.0 Å². The van der Waals surface area contributed by atoms with E-state index < -0.39 is 0 Å². The number of fused-ring (bicyclic) bond motifs is 1. The number of aromatic amines is 1. The van der Waals surface area contributed by atoms with Crippen LogP contribution in [-0.4, -0.2) is 26.1 Å². The van der Waals surface area contributed by atoms with Crippen LogP contribution < -0.4 is 15.7 Å². The maximum absolute atomic E-state index is 13.3. The van der Waals surface area contributed by atoms with Crippen molar-refractivity contribution < 1.29 is 4.74 Å². The van der Waals surface area contributed by atoms with Crippen molar-refractivity contribution in [2.24, 2.45) is 0 Å². The molecular weight excluding hydrogens is 400 g/mol. The zero-order valence-electron chi connectivity index (χ0n) is 16.8. The largest absolute Gasteiger partial charge is 0.488 e. The number of hydrogen-bond acceptors (Lipinski definition) is 6. The topological polar surface area (TPSA) is 89.9 Å². The van der Waals surface area contributed by atoms with Crippen molar-refractivity contribution in [2.75, 3.05) is 6.61 Å². The number of rotatable bonds is 7. The standard InChI is InChI=1S/C22H22N4O3S/c1-3-8-29-19-12-24-15(9-18(19)27)13-26-20(14-6-5-7-23-11-14)25-21-17(22(26)28)10-16(4-2)30-21/h5-7,9-12H,3-4,8,13H2,1-2H3,(H,24,27). The Morgan fingerprint density at radius 3 is 2.80 bits per heavy atom. The molecule has 4 aromatic rings. The molecule has 0 bridgehead atoms. The van der Waals surface area contributed by atoms with Gasteiger partial charge in [-0.25, -0.2) is 4.98 Å². The van der Waals surface area contributed by atoms with Gasteiger partial charge in [0.05, 0.1) is 18.5 Å². The summed E-state index contributed by atoms with van der Waals surface area (Å²) in [5.41, 5.74) is 0.990. The Morgan fingerprint density at radius 1 is 1.23 bits per heavy atom. The highest BCUT2D eigenvalue weighted by Crippen LogP contribution is 2.25. The fourth-order valence-electron chi connectivity index (χ4n) is 3.19. The second kappa shape index (κ2) is 8.62. The quantitative estimate of drug-likeness (QED) is 0.491. The normalized spacial score (nSPS) is 11.1. The summed E-state index contributed by atoms with van der Waals surface area (Å²) in [5, 5.41) is 0.592. The van der Waals surface area contributed by atoms with Gasteiger partial charge < -0.3 is 9.72 Å². The summed E-state index contributed by atoms with van der Waals surface area (Å²) in [6.07, 6.45) is 6.57. The van der Waals surface area contributed by atoms with Crippen molar-refractivity contribution in [3.05, 3.63) is 74.0 Å². The summed E-state index contributed by atoms with van der Waals surface area (Å²) >= 11 is 1.53. The maximum Gasteiger partial charge on any atom is 0.262 e. The average Bonchev–Trinajstić information content (AvgIpc) is 3.19. The van der Waals surface area contributed by atoms with Crippen LogP contribution in [0.5, 0.6) is 5.75 Å². The van der Waals surface area contributed by atoms with E-state index in [-0.39, 0.29) is 23.3 Å². The van der Waals surface area contributed by atoms with Gasteiger partial charge in [-0.1, -0.05) is 13.8 Å². The first-order valence-corrected chi connectivity index (χ1v) is 10.7. The molecule has 8 heteroatoms. The second-order valence-corrected chi connectivity index (χ2v) is 8.00. The molecule has 0 amide bonds. The Balaban J connectivity index is 1.83. The van der Waals surface area contributed by atoms with Crippen LogP contribution in [0.25, 0.3) is 21.6 Å². The molecule has 1 N–H and O–H groups in total. The minimum Gasteiger partial charge on any atom is -0.488 e. The minimum absolute atomic E-state index is 0.137. The zero-order valence-corrected chi connectivity index (χ0v) is 17.7. The number of aryl methyl sites for hydroxylation is 1. The molecule has 0 aliphatic rings. The van der Waals surface area contributed by atoms with Crippen molar-refractivity contribution in [3.8, 4) is 17.1 Å². The van der Waals surface area contributed by atoms with Gasteiger partial charge in [0, 0.05) is 40.8 Å². The first-order valence-electron chi connectivity index (χ1n) is 9.88. The number of aromatic nitrogens is 4. The summed E-state index contributed by atoms with van der Waals surface area (Å²) in [4.78, 5) is 39.6. The Hall–Kier alpha value is -3.26. The third-order valence-electron chi connectivity index (χ3n) is 4.70. The number of nitrogens with zero attached hydrogens (tertiary/aromatic N) is 3. The van der Waals surface area contributed by atoms with Gasteiger partial charge >= 0.3 is 0 Å². The molecule has 0 saturated carbocycles. The fraction of sp³-hybridized carbons (Fsp3) is 0.273. The van der Waals surface area contributed by atoms with Crippen molar-refractivity contribution in [1.29, 1.82) is 0 Å². The summed E-state index contributed by atoms with van der Waals surface area (Å²) in [6.45, 7) is 4.70. The first-order chi connectivity index (χ1) is 14.6. The molecular formula is C22H22N4O3S. The lowest BCUT2D eigenvalue weighted by atomic mass is 10.2. The number of pyridine rings is 2. The molecule has 0 unspecified atom stereocenters. The third kappa shape index (κ3) is 3.91. The van der Waals surface area contributed by atoms with Crippen LogP contribution in [0.4, 0.5) is 0 Å². The summed E-state index contributed by atoms with van der Waals surface area (Å²) in [7, 11) is 0. The summed E-state index contributed by atoms with van der Waals surface area (Å²) in [6, 6.07) is 7.06. The van der Waals surface area contributed by atoms with Crippen LogP contribution in [0.1, 0.15) is 30.8 Å². The number of nitrogens with one attached hydrogen (secondary N) is 1. The number of ether oxygens (including phenoxy) is 1. The number of H-pyrrole nitrogens is 1. The highest BCUT2D eigenvalue weighted by atomic mass is 32.1. The maximum atomic E-state index is 13.3. The van der Waals surface area contributed by atoms with Gasteiger partial charge in [-0.2, -0.15) is 0 Å². The highest BCUT2D eigenvalue weighted by molar-refractivity contribution is 7.18. The lowest BCUT2D eigenvalue weighted by molar-refractivity contribution is 0.313. The average molecular weight is 423 g/mol. The second-order valence-electron chi connectivity index (χ2n) is 6.89. The van der Waals surface area contributed by atoms with Gasteiger partial charge in [0.1, 0.15) is 10.7 Å². The zero-order chi connectivity index (χ0) is 21.1. The van der Waals surface area contributed by atoms with Crippen molar-refractivity contribution in [1.82, 2.24) is 19.5 Å². The van der Waals surface area contributed by atoms with E-state index in [1.54, 1.807) is 23.2 Å². The van der Waals surface area contributed by atoms with E-state index in [2.05, 4.69) is 16.9 Å². The van der Waals surface area contributed by atoms with E-state index in [9.17, 15) is 9.59 Å². The number of thiophene rings is 1. The summed E-state index contributed by atoms with van der Waals surface area (Å²) in [5.74, 6) is 0.802. The minimum atomic E-state index is -0.217. The van der Waals surface area contributed by atoms with Crippen LogP contribution >= 0.6 is 11.3 Å². The van der Waals surface area contributed by atoms with Crippen molar-refractivity contribution in [2.45, 2.75) is 33.2 Å². The van der Waals surface area contributed by atoms with Crippen molar-refractivity contribution >= 4 is 21.6 Å². The molecule has 154 valence electrons. The molecule has 0 aliphatic heterocycles. The molecule has 0 aliphatic carbocycles. The predicted molar refractivity (Wildman–Crippen MR) is 118 cm³/mol. The van der Waals surface area contributed by atoms with E-state index in [0.29, 0.717) is 28.3 Å². The smallest absolute Gasteiger partial charge is 0.262 e. The SMILES string of the molecule is CCCOc1c[nH]c(Cn2c(-c3cccnc3)nc3sc(CC)cc3c2=O)cc1=O. The van der Waals surface area contributed by atoms with Crippen molar-refractivity contribution in [3.63, 3.8) is 0 Å². The van der Waals surface area contributed by atoms with E-state index in [1.165, 1.54) is 17.4 Å². The van der Waals surface area contributed by atoms with Crippen LogP contribution in [0.15, 0.2) is 52.4 Å². The Bertz CT molecular complexity index is 1290. The van der Waals surface area contributed by atoms with E-state index in [0.717, 1.165) is 23.3 Å². The predicted octanol–water partition coefficient (Wildman–Crippen LogP) is 3.61. The molecule has 0 spiro atoms. The monoisotopic (exact) mass is 422 g/mol. The molecule has 30 heavy (non-hydrogen) atoms. The molecule has 7 nitrogen and oxygen atoms in total. The Kier molecular flexibility index (Phi) is 5.76. The molecule has 4 rings (SSSR count). The fourth-order valence-corrected chi connectivity index (χ4v) is 4.15. The molecule has 0 saturated heterocycles.